The fourth-order valence-corrected chi connectivity index (χ4v) is 7.79. The molecular weight excluding hydrogens is 396 g/mol. The lowest BCUT2D eigenvalue weighted by Crippen LogP contribution is -2.69. The Bertz CT molecular complexity index is 708. The van der Waals surface area contributed by atoms with Gasteiger partial charge in [0.15, 0.2) is 5.79 Å². The van der Waals surface area contributed by atoms with Crippen LogP contribution in [0.15, 0.2) is 0 Å². The maximum absolute atomic E-state index is 11.6. The van der Waals surface area contributed by atoms with Crippen LogP contribution in [0.1, 0.15) is 86.5 Å². The number of hydrogen-bond donors (Lipinski definition) is 1. The molecule has 6 heteroatoms. The molecule has 6 nitrogen and oxygen atoms in total. The van der Waals surface area contributed by atoms with Crippen molar-refractivity contribution in [2.24, 2.45) is 22.7 Å². The summed E-state index contributed by atoms with van der Waals surface area (Å²) in [5.41, 5.74) is -0.945. The predicted octanol–water partition coefficient (Wildman–Crippen LogP) is 4.22. The van der Waals surface area contributed by atoms with E-state index < -0.39 is 11.4 Å². The summed E-state index contributed by atoms with van der Waals surface area (Å²) >= 11 is 0. The van der Waals surface area contributed by atoms with Crippen molar-refractivity contribution < 1.29 is 28.8 Å². The van der Waals surface area contributed by atoms with E-state index in [4.69, 9.17) is 18.9 Å². The molecule has 0 amide bonds. The molecule has 1 spiro atoms. The van der Waals surface area contributed by atoms with Crippen molar-refractivity contribution in [3.8, 4) is 0 Å². The standard InChI is InChI=1S/C25H42O6/c1-17-7-8-19-22(5)15-29-21(3,4)30-20(22)9-10-23(19,6)25(17)12-11-24(31-25,13-14-26)16-28-18(2)27/h17,19-20,26H,7-16H2,1-6H3/t17-,19+,20+,22+,23+,24+,25-/m1/s1. The van der Waals surface area contributed by atoms with Gasteiger partial charge in [0.25, 0.3) is 0 Å². The van der Waals surface area contributed by atoms with Gasteiger partial charge in [0.2, 0.25) is 0 Å². The Hall–Kier alpha value is -0.690. The fourth-order valence-electron chi connectivity index (χ4n) is 7.79. The topological polar surface area (TPSA) is 74.2 Å². The van der Waals surface area contributed by atoms with Crippen molar-refractivity contribution >= 4 is 5.97 Å². The maximum atomic E-state index is 11.6. The second kappa shape index (κ2) is 7.68. The highest BCUT2D eigenvalue weighted by molar-refractivity contribution is 5.65. The normalized spacial score (nSPS) is 48.8. The Kier molecular flexibility index (Phi) is 5.81. The molecule has 0 radical (unpaired) electrons. The molecule has 7 atom stereocenters. The number of ether oxygens (including phenoxy) is 4. The molecule has 0 aromatic carbocycles. The van der Waals surface area contributed by atoms with E-state index in [1.807, 2.05) is 13.8 Å². The van der Waals surface area contributed by atoms with Crippen molar-refractivity contribution in [1.29, 1.82) is 0 Å². The lowest BCUT2D eigenvalue weighted by molar-refractivity contribution is -0.359. The number of hydrogen-bond acceptors (Lipinski definition) is 6. The van der Waals surface area contributed by atoms with Gasteiger partial charge in [-0.3, -0.25) is 4.79 Å². The third-order valence-electron chi connectivity index (χ3n) is 9.49. The Morgan fingerprint density at radius 3 is 2.52 bits per heavy atom. The van der Waals surface area contributed by atoms with Gasteiger partial charge in [0, 0.05) is 30.8 Å². The van der Waals surface area contributed by atoms with Crippen molar-refractivity contribution in [2.75, 3.05) is 19.8 Å². The molecule has 2 aliphatic carbocycles. The molecule has 0 bridgehead atoms. The van der Waals surface area contributed by atoms with Crippen LogP contribution in [0.2, 0.25) is 0 Å². The minimum Gasteiger partial charge on any atom is -0.463 e. The van der Waals surface area contributed by atoms with Gasteiger partial charge in [-0.1, -0.05) is 20.8 Å². The van der Waals surface area contributed by atoms with E-state index in [0.717, 1.165) is 38.5 Å². The first-order valence-corrected chi connectivity index (χ1v) is 12.2. The average molecular weight is 439 g/mol. The minimum atomic E-state index is -0.598. The first-order chi connectivity index (χ1) is 14.4. The summed E-state index contributed by atoms with van der Waals surface area (Å²) in [7, 11) is 0. The molecule has 4 rings (SSSR count). The molecule has 0 aromatic rings. The first kappa shape index (κ1) is 23.5. The monoisotopic (exact) mass is 438 g/mol. The summed E-state index contributed by atoms with van der Waals surface area (Å²) in [6.45, 7) is 13.5. The molecule has 4 aliphatic rings. The van der Waals surface area contributed by atoms with Crippen LogP contribution in [-0.2, 0) is 23.7 Å². The lowest BCUT2D eigenvalue weighted by atomic mass is 9.43. The van der Waals surface area contributed by atoms with E-state index >= 15 is 0 Å². The summed E-state index contributed by atoms with van der Waals surface area (Å²) in [4.78, 5) is 11.6. The van der Waals surface area contributed by atoms with Gasteiger partial charge in [0.1, 0.15) is 12.2 Å². The van der Waals surface area contributed by atoms with Crippen molar-refractivity contribution in [2.45, 2.75) is 110 Å². The Labute approximate surface area is 187 Å². The van der Waals surface area contributed by atoms with Crippen LogP contribution in [-0.4, -0.2) is 54.0 Å². The zero-order valence-corrected chi connectivity index (χ0v) is 20.3. The molecular formula is C25H42O6. The summed E-state index contributed by atoms with van der Waals surface area (Å²) in [5, 5.41) is 9.80. The largest absolute Gasteiger partial charge is 0.463 e. The number of aliphatic hydroxyl groups is 1. The molecule has 0 unspecified atom stereocenters. The van der Waals surface area contributed by atoms with E-state index in [1.54, 1.807) is 0 Å². The van der Waals surface area contributed by atoms with Gasteiger partial charge in [-0.05, 0) is 64.2 Å². The van der Waals surface area contributed by atoms with Crippen molar-refractivity contribution in [3.63, 3.8) is 0 Å². The lowest BCUT2D eigenvalue weighted by Gasteiger charge is -2.67. The third-order valence-corrected chi connectivity index (χ3v) is 9.49. The zero-order chi connectivity index (χ0) is 22.7. The fraction of sp³-hybridized carbons (Fsp3) is 0.960. The number of carbonyl (C=O) groups is 1. The number of fused-ring (bicyclic) bond motifs is 4. The van der Waals surface area contributed by atoms with Gasteiger partial charge < -0.3 is 24.1 Å². The van der Waals surface area contributed by atoms with E-state index in [1.165, 1.54) is 6.92 Å². The van der Waals surface area contributed by atoms with Crippen LogP contribution in [0.4, 0.5) is 0 Å². The molecule has 2 saturated heterocycles. The Morgan fingerprint density at radius 2 is 1.84 bits per heavy atom. The SMILES string of the molecule is CC(=O)OC[C@@]1(CCO)CC[C@@]2(O1)[C@H](C)CC[C@H]1[C@]3(C)COC(C)(C)O[C@H]3CC[C@@]12C. The molecule has 1 N–H and O–H groups in total. The number of aliphatic hydroxyl groups excluding tert-OH is 1. The highest BCUT2D eigenvalue weighted by atomic mass is 16.7. The third kappa shape index (κ3) is 3.56. The van der Waals surface area contributed by atoms with Crippen molar-refractivity contribution in [3.05, 3.63) is 0 Å². The highest BCUT2D eigenvalue weighted by Gasteiger charge is 2.70. The first-order valence-electron chi connectivity index (χ1n) is 12.2. The Morgan fingerprint density at radius 1 is 1.10 bits per heavy atom. The summed E-state index contributed by atoms with van der Waals surface area (Å²) in [5.74, 6) is 0.0232. The van der Waals surface area contributed by atoms with Gasteiger partial charge in [-0.25, -0.2) is 0 Å². The van der Waals surface area contributed by atoms with Gasteiger partial charge in [0.05, 0.1) is 18.3 Å². The van der Waals surface area contributed by atoms with Crippen LogP contribution in [0.25, 0.3) is 0 Å². The smallest absolute Gasteiger partial charge is 0.302 e. The molecule has 4 fully saturated rings. The molecule has 2 saturated carbocycles. The van der Waals surface area contributed by atoms with Crippen molar-refractivity contribution in [1.82, 2.24) is 0 Å². The van der Waals surface area contributed by atoms with Gasteiger partial charge >= 0.3 is 5.97 Å². The second-order valence-electron chi connectivity index (χ2n) is 11.7. The molecule has 0 aromatic heterocycles. The zero-order valence-electron chi connectivity index (χ0n) is 20.3. The summed E-state index contributed by atoms with van der Waals surface area (Å²) in [6, 6.07) is 0. The second-order valence-corrected chi connectivity index (χ2v) is 11.7. The quantitative estimate of drug-likeness (QED) is 0.663. The molecule has 2 heterocycles. The van der Waals surface area contributed by atoms with Crippen LogP contribution in [0.5, 0.6) is 0 Å². The highest BCUT2D eigenvalue weighted by Crippen LogP contribution is 2.69. The summed E-state index contributed by atoms with van der Waals surface area (Å²) in [6.07, 6.45) is 6.77. The minimum absolute atomic E-state index is 0.0163. The molecule has 2 aliphatic heterocycles. The number of esters is 1. The van der Waals surface area contributed by atoms with Crippen LogP contribution >= 0.6 is 0 Å². The summed E-state index contributed by atoms with van der Waals surface area (Å²) < 4.78 is 25.2. The van der Waals surface area contributed by atoms with E-state index in [-0.39, 0.29) is 41.7 Å². The van der Waals surface area contributed by atoms with E-state index in [0.29, 0.717) is 24.9 Å². The Balaban J connectivity index is 1.67. The van der Waals surface area contributed by atoms with E-state index in [2.05, 4.69) is 20.8 Å². The van der Waals surface area contributed by atoms with Crippen LogP contribution < -0.4 is 0 Å². The number of carbonyl (C=O) groups excluding carboxylic acids is 1. The maximum Gasteiger partial charge on any atom is 0.302 e. The average Bonchev–Trinajstić information content (AvgIpc) is 3.07. The van der Waals surface area contributed by atoms with E-state index in [9.17, 15) is 9.90 Å². The molecule has 31 heavy (non-hydrogen) atoms. The van der Waals surface area contributed by atoms with Crippen LogP contribution in [0, 0.1) is 22.7 Å². The van der Waals surface area contributed by atoms with Gasteiger partial charge in [-0.15, -0.1) is 0 Å². The molecule has 178 valence electrons. The van der Waals surface area contributed by atoms with Crippen LogP contribution in [0.3, 0.4) is 0 Å². The number of rotatable bonds is 4. The van der Waals surface area contributed by atoms with Gasteiger partial charge in [-0.2, -0.15) is 0 Å². The predicted molar refractivity (Wildman–Crippen MR) is 116 cm³/mol.